The number of benzene rings is 1. The number of amides is 2. The Morgan fingerprint density at radius 3 is 2.73 bits per heavy atom. The van der Waals surface area contributed by atoms with E-state index in [0.717, 1.165) is 19.3 Å². The van der Waals surface area contributed by atoms with Crippen LogP contribution in [0.15, 0.2) is 18.2 Å². The number of hydrogen-bond donors (Lipinski definition) is 3. The van der Waals surface area contributed by atoms with Gasteiger partial charge in [0.15, 0.2) is 0 Å². The highest BCUT2D eigenvalue weighted by Crippen LogP contribution is 2.24. The number of nitrogens with two attached hydrogens (primary N) is 1. The van der Waals surface area contributed by atoms with Crippen LogP contribution in [0.2, 0.25) is 5.02 Å². The van der Waals surface area contributed by atoms with Crippen LogP contribution in [-0.2, 0) is 4.79 Å². The molecular formula is C16H22ClN3O2. The van der Waals surface area contributed by atoms with Crippen molar-refractivity contribution in [3.8, 4) is 0 Å². The second-order valence-corrected chi connectivity index (χ2v) is 6.28. The summed E-state index contributed by atoms with van der Waals surface area (Å²) in [6.07, 6.45) is 4.58. The van der Waals surface area contributed by atoms with Crippen LogP contribution in [0, 0.1) is 5.92 Å². The van der Waals surface area contributed by atoms with Gasteiger partial charge in [0, 0.05) is 16.8 Å². The van der Waals surface area contributed by atoms with E-state index in [1.165, 1.54) is 12.5 Å². The summed E-state index contributed by atoms with van der Waals surface area (Å²) in [6.45, 7) is 2.27. The first-order chi connectivity index (χ1) is 10.5. The smallest absolute Gasteiger partial charge is 0.250 e. The highest BCUT2D eigenvalue weighted by Gasteiger charge is 2.22. The molecule has 0 radical (unpaired) electrons. The molecule has 0 heterocycles. The Bertz CT molecular complexity index is 562. The monoisotopic (exact) mass is 323 g/mol. The lowest BCUT2D eigenvalue weighted by atomic mass is 9.86. The molecule has 2 unspecified atom stereocenters. The molecule has 0 saturated heterocycles. The second-order valence-electron chi connectivity index (χ2n) is 5.84. The van der Waals surface area contributed by atoms with Crippen LogP contribution in [-0.4, -0.2) is 24.4 Å². The fourth-order valence-corrected chi connectivity index (χ4v) is 3.01. The summed E-state index contributed by atoms with van der Waals surface area (Å²) in [5.74, 6) is -0.148. The quantitative estimate of drug-likeness (QED) is 0.778. The van der Waals surface area contributed by atoms with Gasteiger partial charge in [-0.15, -0.1) is 0 Å². The maximum absolute atomic E-state index is 12.1. The third kappa shape index (κ3) is 4.37. The average molecular weight is 324 g/mol. The Kier molecular flexibility index (Phi) is 5.66. The molecule has 1 aromatic rings. The SMILES string of the molecule is CC1CCCCC1NC(=O)CNc1ccc(Cl)cc1C(N)=O. The molecule has 0 spiro atoms. The van der Waals surface area contributed by atoms with Gasteiger partial charge in [-0.05, 0) is 37.0 Å². The van der Waals surface area contributed by atoms with Crippen LogP contribution in [0.25, 0.3) is 0 Å². The molecule has 120 valence electrons. The van der Waals surface area contributed by atoms with Gasteiger partial charge in [-0.3, -0.25) is 9.59 Å². The minimum Gasteiger partial charge on any atom is -0.376 e. The van der Waals surface area contributed by atoms with E-state index in [0.29, 0.717) is 16.6 Å². The van der Waals surface area contributed by atoms with E-state index in [1.54, 1.807) is 12.1 Å². The minimum absolute atomic E-state index is 0.0795. The molecule has 2 rings (SSSR count). The molecule has 1 aromatic carbocycles. The lowest BCUT2D eigenvalue weighted by molar-refractivity contribution is -0.120. The zero-order valence-corrected chi connectivity index (χ0v) is 13.5. The van der Waals surface area contributed by atoms with Gasteiger partial charge in [-0.2, -0.15) is 0 Å². The number of anilines is 1. The fourth-order valence-electron chi connectivity index (χ4n) is 2.84. The summed E-state index contributed by atoms with van der Waals surface area (Å²) >= 11 is 5.85. The van der Waals surface area contributed by atoms with E-state index in [2.05, 4.69) is 17.6 Å². The number of carbonyl (C=O) groups excluding carboxylic acids is 2. The first kappa shape index (κ1) is 16.6. The summed E-state index contributed by atoms with van der Waals surface area (Å²) in [7, 11) is 0. The van der Waals surface area contributed by atoms with Gasteiger partial charge in [0.1, 0.15) is 0 Å². The van der Waals surface area contributed by atoms with Gasteiger partial charge in [-0.1, -0.05) is 31.4 Å². The van der Waals surface area contributed by atoms with Crippen molar-refractivity contribution in [2.45, 2.75) is 38.6 Å². The van der Waals surface area contributed by atoms with E-state index in [4.69, 9.17) is 17.3 Å². The summed E-state index contributed by atoms with van der Waals surface area (Å²) in [5, 5.41) is 6.44. The van der Waals surface area contributed by atoms with Gasteiger partial charge < -0.3 is 16.4 Å². The molecule has 0 bridgehead atoms. The first-order valence-corrected chi connectivity index (χ1v) is 7.97. The second kappa shape index (κ2) is 7.49. The standard InChI is InChI=1S/C16H22ClN3O2/c1-10-4-2-3-5-13(10)20-15(21)9-19-14-7-6-11(17)8-12(14)16(18)22/h6-8,10,13,19H,2-5,9H2,1H3,(H2,18,22)(H,20,21). The largest absolute Gasteiger partial charge is 0.376 e. The van der Waals surface area contributed by atoms with Gasteiger partial charge in [0.25, 0.3) is 5.91 Å². The molecule has 5 nitrogen and oxygen atoms in total. The molecule has 2 atom stereocenters. The lowest BCUT2D eigenvalue weighted by Gasteiger charge is -2.29. The van der Waals surface area contributed by atoms with E-state index in [9.17, 15) is 9.59 Å². The lowest BCUT2D eigenvalue weighted by Crippen LogP contribution is -2.43. The minimum atomic E-state index is -0.577. The zero-order valence-electron chi connectivity index (χ0n) is 12.7. The number of primary amides is 1. The van der Waals surface area contributed by atoms with Crippen LogP contribution >= 0.6 is 11.6 Å². The van der Waals surface area contributed by atoms with Gasteiger partial charge in [0.05, 0.1) is 12.1 Å². The molecular weight excluding hydrogens is 302 g/mol. The molecule has 1 aliphatic rings. The van der Waals surface area contributed by atoms with Crippen LogP contribution in [0.4, 0.5) is 5.69 Å². The number of halogens is 1. The van der Waals surface area contributed by atoms with E-state index in [-0.39, 0.29) is 24.1 Å². The topological polar surface area (TPSA) is 84.2 Å². The number of rotatable bonds is 5. The Morgan fingerprint density at radius 2 is 2.05 bits per heavy atom. The Hall–Kier alpha value is -1.75. The molecule has 1 aliphatic carbocycles. The summed E-state index contributed by atoms with van der Waals surface area (Å²) in [4.78, 5) is 23.5. The van der Waals surface area contributed by atoms with Crippen molar-refractivity contribution >= 4 is 29.1 Å². The number of nitrogens with one attached hydrogen (secondary N) is 2. The highest BCUT2D eigenvalue weighted by atomic mass is 35.5. The molecule has 4 N–H and O–H groups in total. The summed E-state index contributed by atoms with van der Waals surface area (Å²) in [5.41, 5.74) is 6.12. The van der Waals surface area contributed by atoms with Crippen LogP contribution in [0.3, 0.4) is 0 Å². The van der Waals surface area contributed by atoms with Crippen LogP contribution in [0.5, 0.6) is 0 Å². The van der Waals surface area contributed by atoms with Crippen molar-refractivity contribution in [2.75, 3.05) is 11.9 Å². The normalized spacial score (nSPS) is 21.2. The number of hydrogen-bond acceptors (Lipinski definition) is 3. The Morgan fingerprint density at radius 1 is 1.32 bits per heavy atom. The molecule has 2 amide bonds. The zero-order chi connectivity index (χ0) is 16.1. The summed E-state index contributed by atoms with van der Waals surface area (Å²) < 4.78 is 0. The fraction of sp³-hybridized carbons (Fsp3) is 0.500. The first-order valence-electron chi connectivity index (χ1n) is 7.60. The number of carbonyl (C=O) groups is 2. The maximum Gasteiger partial charge on any atom is 0.250 e. The van der Waals surface area contributed by atoms with Crippen molar-refractivity contribution < 1.29 is 9.59 Å². The van der Waals surface area contributed by atoms with E-state index in [1.807, 2.05) is 0 Å². The predicted octanol–water partition coefficient (Wildman–Crippen LogP) is 2.55. The van der Waals surface area contributed by atoms with Gasteiger partial charge in [0.2, 0.25) is 5.91 Å². The third-order valence-electron chi connectivity index (χ3n) is 4.14. The summed E-state index contributed by atoms with van der Waals surface area (Å²) in [6, 6.07) is 5.04. The van der Waals surface area contributed by atoms with Crippen molar-refractivity contribution in [3.05, 3.63) is 28.8 Å². The van der Waals surface area contributed by atoms with Crippen molar-refractivity contribution in [1.82, 2.24) is 5.32 Å². The molecule has 0 aromatic heterocycles. The molecule has 22 heavy (non-hydrogen) atoms. The molecule has 1 fully saturated rings. The molecule has 0 aliphatic heterocycles. The predicted molar refractivity (Wildman–Crippen MR) is 88.0 cm³/mol. The van der Waals surface area contributed by atoms with E-state index >= 15 is 0 Å². The Labute approximate surface area is 135 Å². The van der Waals surface area contributed by atoms with Crippen LogP contribution < -0.4 is 16.4 Å². The van der Waals surface area contributed by atoms with Crippen molar-refractivity contribution in [1.29, 1.82) is 0 Å². The van der Waals surface area contributed by atoms with Gasteiger partial charge >= 0.3 is 0 Å². The van der Waals surface area contributed by atoms with Gasteiger partial charge in [-0.25, -0.2) is 0 Å². The molecule has 6 heteroatoms. The van der Waals surface area contributed by atoms with E-state index < -0.39 is 5.91 Å². The average Bonchev–Trinajstić information content (AvgIpc) is 2.48. The van der Waals surface area contributed by atoms with Crippen molar-refractivity contribution in [3.63, 3.8) is 0 Å². The highest BCUT2D eigenvalue weighted by molar-refractivity contribution is 6.31. The third-order valence-corrected chi connectivity index (χ3v) is 4.38. The maximum atomic E-state index is 12.1. The Balaban J connectivity index is 1.92. The van der Waals surface area contributed by atoms with Crippen LogP contribution in [0.1, 0.15) is 43.0 Å². The molecule has 1 saturated carbocycles. The van der Waals surface area contributed by atoms with Crippen molar-refractivity contribution in [2.24, 2.45) is 11.7 Å².